The summed E-state index contributed by atoms with van der Waals surface area (Å²) in [4.78, 5) is 26.9. The summed E-state index contributed by atoms with van der Waals surface area (Å²) in [6, 6.07) is 12.7. The molecule has 1 amide bonds. The van der Waals surface area contributed by atoms with Gasteiger partial charge in [0.2, 0.25) is 5.91 Å². The Hall–Kier alpha value is -3.75. The maximum Gasteiger partial charge on any atom is 0.337 e. The summed E-state index contributed by atoms with van der Waals surface area (Å²) >= 11 is 0. The van der Waals surface area contributed by atoms with Crippen molar-refractivity contribution < 1.29 is 14.3 Å². The molecular formula is C21H22N6O3. The smallest absolute Gasteiger partial charge is 0.337 e. The van der Waals surface area contributed by atoms with Gasteiger partial charge >= 0.3 is 5.97 Å². The standard InChI is InChI=1S/C21H22N6O3/c1-30-21(29)16-6-9-19(26-10-2-3-11-26)18(13-16)23-20(28)12-15-4-7-17(8-5-15)27-14-22-24-25-27/h4-9,13-14H,2-3,10-12H2,1H3,(H,23,28). The minimum Gasteiger partial charge on any atom is -0.465 e. The number of nitrogens with one attached hydrogen (secondary N) is 1. The van der Waals surface area contributed by atoms with Gasteiger partial charge in [-0.05, 0) is 59.2 Å². The maximum atomic E-state index is 12.7. The fourth-order valence-corrected chi connectivity index (χ4v) is 3.54. The van der Waals surface area contributed by atoms with Crippen LogP contribution in [0.1, 0.15) is 28.8 Å². The highest BCUT2D eigenvalue weighted by molar-refractivity contribution is 5.98. The molecule has 1 aliphatic heterocycles. The molecule has 2 aromatic carbocycles. The highest BCUT2D eigenvalue weighted by Crippen LogP contribution is 2.30. The van der Waals surface area contributed by atoms with Crippen LogP contribution in [0.15, 0.2) is 48.8 Å². The Morgan fingerprint density at radius 1 is 1.10 bits per heavy atom. The van der Waals surface area contributed by atoms with E-state index in [2.05, 4.69) is 25.7 Å². The molecule has 0 radical (unpaired) electrons. The summed E-state index contributed by atoms with van der Waals surface area (Å²) < 4.78 is 6.36. The van der Waals surface area contributed by atoms with Crippen LogP contribution >= 0.6 is 0 Å². The van der Waals surface area contributed by atoms with Crippen LogP contribution in [0.5, 0.6) is 0 Å². The van der Waals surface area contributed by atoms with Gasteiger partial charge in [0.15, 0.2) is 0 Å². The zero-order chi connectivity index (χ0) is 20.9. The minimum atomic E-state index is -0.434. The Bertz CT molecular complexity index is 1030. The molecule has 3 aromatic rings. The monoisotopic (exact) mass is 406 g/mol. The molecule has 0 unspecified atom stereocenters. The normalized spacial score (nSPS) is 13.3. The minimum absolute atomic E-state index is 0.160. The molecular weight excluding hydrogens is 384 g/mol. The quantitative estimate of drug-likeness (QED) is 0.626. The summed E-state index contributed by atoms with van der Waals surface area (Å²) in [6.07, 6.45) is 3.94. The number of tetrazole rings is 1. The molecule has 1 fully saturated rings. The van der Waals surface area contributed by atoms with Crippen LogP contribution in [0.3, 0.4) is 0 Å². The van der Waals surface area contributed by atoms with Gasteiger partial charge in [-0.25, -0.2) is 9.48 Å². The average molecular weight is 406 g/mol. The number of esters is 1. The summed E-state index contributed by atoms with van der Waals surface area (Å²) in [7, 11) is 1.34. The second-order valence-corrected chi connectivity index (χ2v) is 7.06. The lowest BCUT2D eigenvalue weighted by Crippen LogP contribution is -2.22. The molecule has 0 atom stereocenters. The van der Waals surface area contributed by atoms with Crippen LogP contribution in [0.25, 0.3) is 5.69 Å². The summed E-state index contributed by atoms with van der Waals surface area (Å²) in [5, 5.41) is 14.0. The summed E-state index contributed by atoms with van der Waals surface area (Å²) in [6.45, 7) is 1.86. The first-order valence-corrected chi connectivity index (χ1v) is 9.73. The molecule has 0 saturated carbocycles. The lowest BCUT2D eigenvalue weighted by molar-refractivity contribution is -0.115. The van der Waals surface area contributed by atoms with E-state index in [1.807, 2.05) is 30.3 Å². The number of carbonyl (C=O) groups is 2. The van der Waals surface area contributed by atoms with Crippen molar-refractivity contribution in [3.8, 4) is 5.69 Å². The molecule has 0 aliphatic carbocycles. The zero-order valence-corrected chi connectivity index (χ0v) is 16.6. The predicted molar refractivity (Wildman–Crippen MR) is 111 cm³/mol. The number of rotatable bonds is 6. The molecule has 2 heterocycles. The van der Waals surface area contributed by atoms with Crippen molar-refractivity contribution in [2.45, 2.75) is 19.3 Å². The molecule has 154 valence electrons. The number of methoxy groups -OCH3 is 1. The number of nitrogens with zero attached hydrogens (tertiary/aromatic N) is 5. The molecule has 1 saturated heterocycles. The Morgan fingerprint density at radius 2 is 1.87 bits per heavy atom. The highest BCUT2D eigenvalue weighted by atomic mass is 16.5. The highest BCUT2D eigenvalue weighted by Gasteiger charge is 2.19. The number of carbonyl (C=O) groups excluding carboxylic acids is 2. The van der Waals surface area contributed by atoms with E-state index in [0.717, 1.165) is 42.9 Å². The molecule has 9 nitrogen and oxygen atoms in total. The Kier molecular flexibility index (Phi) is 5.69. The molecule has 9 heteroatoms. The van der Waals surface area contributed by atoms with E-state index in [9.17, 15) is 9.59 Å². The zero-order valence-electron chi connectivity index (χ0n) is 16.6. The van der Waals surface area contributed by atoms with Crippen molar-refractivity contribution in [3.05, 3.63) is 59.9 Å². The number of hydrogen-bond acceptors (Lipinski definition) is 7. The van der Waals surface area contributed by atoms with Crippen molar-refractivity contribution in [2.24, 2.45) is 0 Å². The maximum absolute atomic E-state index is 12.7. The molecule has 0 bridgehead atoms. The third-order valence-corrected chi connectivity index (χ3v) is 5.05. The first-order valence-electron chi connectivity index (χ1n) is 9.73. The third kappa shape index (κ3) is 4.29. The van der Waals surface area contributed by atoms with Gasteiger partial charge in [0.25, 0.3) is 0 Å². The molecule has 0 spiro atoms. The SMILES string of the molecule is COC(=O)c1ccc(N2CCCC2)c(NC(=O)Cc2ccc(-n3cnnn3)cc2)c1. The van der Waals surface area contributed by atoms with Crippen LogP contribution in [0, 0.1) is 0 Å². The van der Waals surface area contributed by atoms with E-state index < -0.39 is 5.97 Å². The summed E-state index contributed by atoms with van der Waals surface area (Å²) in [5.74, 6) is -0.593. The van der Waals surface area contributed by atoms with Gasteiger partial charge in [-0.2, -0.15) is 0 Å². The molecule has 1 N–H and O–H groups in total. The summed E-state index contributed by atoms with van der Waals surface area (Å²) in [5.41, 5.74) is 3.61. The number of aromatic nitrogens is 4. The van der Waals surface area contributed by atoms with E-state index in [-0.39, 0.29) is 12.3 Å². The number of hydrogen-bond donors (Lipinski definition) is 1. The number of amides is 1. The molecule has 1 aliphatic rings. The predicted octanol–water partition coefficient (Wildman–Crippen LogP) is 2.23. The average Bonchev–Trinajstić information content (AvgIpc) is 3.48. The number of benzene rings is 2. The van der Waals surface area contributed by atoms with Gasteiger partial charge in [0.1, 0.15) is 6.33 Å². The third-order valence-electron chi connectivity index (χ3n) is 5.05. The van der Waals surface area contributed by atoms with Crippen LogP contribution in [-0.2, 0) is 16.0 Å². The fourth-order valence-electron chi connectivity index (χ4n) is 3.54. The van der Waals surface area contributed by atoms with Gasteiger partial charge in [-0.3, -0.25) is 4.79 Å². The van der Waals surface area contributed by atoms with Crippen LogP contribution < -0.4 is 10.2 Å². The first kappa shape index (κ1) is 19.6. The second kappa shape index (κ2) is 8.73. The van der Waals surface area contributed by atoms with E-state index in [1.54, 1.807) is 16.8 Å². The number of anilines is 2. The van der Waals surface area contributed by atoms with Crippen LogP contribution in [0.2, 0.25) is 0 Å². The lowest BCUT2D eigenvalue weighted by atomic mass is 10.1. The van der Waals surface area contributed by atoms with Crippen molar-refractivity contribution in [1.29, 1.82) is 0 Å². The van der Waals surface area contributed by atoms with Gasteiger partial charge in [-0.1, -0.05) is 12.1 Å². The Balaban J connectivity index is 1.50. The van der Waals surface area contributed by atoms with Gasteiger partial charge in [-0.15, -0.1) is 5.10 Å². The van der Waals surface area contributed by atoms with Crippen molar-refractivity contribution in [1.82, 2.24) is 20.2 Å². The Labute approximate surface area is 173 Å². The fraction of sp³-hybridized carbons (Fsp3) is 0.286. The first-order chi connectivity index (χ1) is 14.6. The van der Waals surface area contributed by atoms with Gasteiger partial charge < -0.3 is 15.0 Å². The molecule has 1 aromatic heterocycles. The van der Waals surface area contributed by atoms with Crippen molar-refractivity contribution in [3.63, 3.8) is 0 Å². The lowest BCUT2D eigenvalue weighted by Gasteiger charge is -2.22. The van der Waals surface area contributed by atoms with Gasteiger partial charge in [0.05, 0.1) is 36.2 Å². The van der Waals surface area contributed by atoms with Crippen molar-refractivity contribution >= 4 is 23.3 Å². The van der Waals surface area contributed by atoms with Crippen LogP contribution in [-0.4, -0.2) is 52.3 Å². The van der Waals surface area contributed by atoms with Gasteiger partial charge in [0, 0.05) is 13.1 Å². The largest absolute Gasteiger partial charge is 0.465 e. The number of ether oxygens (including phenoxy) is 1. The Morgan fingerprint density at radius 3 is 2.53 bits per heavy atom. The second-order valence-electron chi connectivity index (χ2n) is 7.06. The molecule has 4 rings (SSSR count). The van der Waals surface area contributed by atoms with Crippen LogP contribution in [0.4, 0.5) is 11.4 Å². The topological polar surface area (TPSA) is 102 Å². The molecule has 30 heavy (non-hydrogen) atoms. The van der Waals surface area contributed by atoms with E-state index in [0.29, 0.717) is 11.3 Å². The van der Waals surface area contributed by atoms with E-state index in [1.165, 1.54) is 13.4 Å². The van der Waals surface area contributed by atoms with Crippen molar-refractivity contribution in [2.75, 3.05) is 30.4 Å². The van der Waals surface area contributed by atoms with E-state index in [4.69, 9.17) is 4.74 Å². The van der Waals surface area contributed by atoms with E-state index >= 15 is 0 Å².